The number of amides is 2. The Labute approximate surface area is 95.6 Å². The van der Waals surface area contributed by atoms with E-state index in [4.69, 9.17) is 5.73 Å². The highest BCUT2D eigenvalue weighted by molar-refractivity contribution is 5.81. The Kier molecular flexibility index (Phi) is 3.43. The molecule has 16 heavy (non-hydrogen) atoms. The summed E-state index contributed by atoms with van der Waals surface area (Å²) in [6.45, 7) is 4.06. The van der Waals surface area contributed by atoms with Crippen molar-refractivity contribution in [3.05, 3.63) is 0 Å². The van der Waals surface area contributed by atoms with Crippen molar-refractivity contribution < 1.29 is 9.59 Å². The van der Waals surface area contributed by atoms with Crippen LogP contribution in [0.1, 0.15) is 19.3 Å². The highest BCUT2D eigenvalue weighted by Gasteiger charge is 2.34. The zero-order valence-corrected chi connectivity index (χ0v) is 9.52. The smallest absolute Gasteiger partial charge is 0.225 e. The molecule has 0 atom stereocenters. The van der Waals surface area contributed by atoms with Crippen molar-refractivity contribution in [3.63, 3.8) is 0 Å². The van der Waals surface area contributed by atoms with Gasteiger partial charge in [-0.3, -0.25) is 14.5 Å². The van der Waals surface area contributed by atoms with Crippen molar-refractivity contribution in [2.75, 3.05) is 32.7 Å². The van der Waals surface area contributed by atoms with Crippen molar-refractivity contribution in [1.29, 1.82) is 0 Å². The van der Waals surface area contributed by atoms with Gasteiger partial charge in [-0.05, 0) is 12.8 Å². The Morgan fingerprint density at radius 1 is 1.12 bits per heavy atom. The van der Waals surface area contributed by atoms with E-state index in [-0.39, 0.29) is 5.91 Å². The molecule has 0 radical (unpaired) electrons. The van der Waals surface area contributed by atoms with E-state index in [0.717, 1.165) is 45.6 Å². The van der Waals surface area contributed by atoms with E-state index >= 15 is 0 Å². The number of hydrogen-bond donors (Lipinski definition) is 1. The largest absolute Gasteiger partial charge is 0.370 e. The van der Waals surface area contributed by atoms with Crippen LogP contribution >= 0.6 is 0 Å². The van der Waals surface area contributed by atoms with Gasteiger partial charge in [0.2, 0.25) is 11.8 Å². The van der Waals surface area contributed by atoms with Crippen LogP contribution in [0.5, 0.6) is 0 Å². The molecule has 0 aromatic carbocycles. The van der Waals surface area contributed by atoms with Crippen LogP contribution in [0.25, 0.3) is 0 Å². The maximum atomic E-state index is 11.8. The van der Waals surface area contributed by atoms with E-state index in [1.165, 1.54) is 0 Å². The lowest BCUT2D eigenvalue weighted by atomic mass is 10.2. The summed E-state index contributed by atoms with van der Waals surface area (Å²) < 4.78 is 0. The normalized spacial score (nSPS) is 22.1. The lowest BCUT2D eigenvalue weighted by Crippen LogP contribution is -2.49. The lowest BCUT2D eigenvalue weighted by molar-refractivity contribution is -0.134. The molecule has 2 amide bonds. The third-order valence-electron chi connectivity index (χ3n) is 3.28. The summed E-state index contributed by atoms with van der Waals surface area (Å²) in [5.74, 6) is 0.392. The van der Waals surface area contributed by atoms with Gasteiger partial charge >= 0.3 is 0 Å². The van der Waals surface area contributed by atoms with E-state index in [9.17, 15) is 9.59 Å². The van der Waals surface area contributed by atoms with Gasteiger partial charge in [0.25, 0.3) is 0 Å². The molecule has 1 heterocycles. The Balaban J connectivity index is 1.69. The second kappa shape index (κ2) is 4.82. The summed E-state index contributed by atoms with van der Waals surface area (Å²) in [6, 6.07) is 0. The van der Waals surface area contributed by atoms with Gasteiger partial charge in [-0.2, -0.15) is 0 Å². The van der Waals surface area contributed by atoms with E-state index in [0.29, 0.717) is 18.2 Å². The summed E-state index contributed by atoms with van der Waals surface area (Å²) in [5.41, 5.74) is 5.10. The minimum absolute atomic E-state index is 0.253. The number of primary amides is 1. The molecule has 2 aliphatic rings. The quantitative estimate of drug-likeness (QED) is 0.696. The molecule has 0 unspecified atom stereocenters. The van der Waals surface area contributed by atoms with Crippen LogP contribution in [0.15, 0.2) is 0 Å². The zero-order chi connectivity index (χ0) is 11.5. The number of nitrogens with zero attached hydrogens (tertiary/aromatic N) is 2. The predicted octanol–water partition coefficient (Wildman–Crippen LogP) is -0.584. The Hall–Kier alpha value is -1.10. The number of nitrogens with two attached hydrogens (primary N) is 1. The van der Waals surface area contributed by atoms with Gasteiger partial charge in [-0.25, -0.2) is 0 Å². The predicted molar refractivity (Wildman–Crippen MR) is 59.6 cm³/mol. The molecule has 1 saturated carbocycles. The van der Waals surface area contributed by atoms with Crippen molar-refractivity contribution in [3.8, 4) is 0 Å². The topological polar surface area (TPSA) is 66.6 Å². The van der Waals surface area contributed by atoms with E-state index < -0.39 is 0 Å². The monoisotopic (exact) mass is 225 g/mol. The molecule has 2 fully saturated rings. The molecule has 1 aliphatic heterocycles. The number of piperazine rings is 1. The van der Waals surface area contributed by atoms with Crippen molar-refractivity contribution in [2.24, 2.45) is 11.7 Å². The molecule has 0 spiro atoms. The first-order valence-corrected chi connectivity index (χ1v) is 5.96. The van der Waals surface area contributed by atoms with E-state index in [1.54, 1.807) is 0 Å². The van der Waals surface area contributed by atoms with Crippen LogP contribution in [0.4, 0.5) is 0 Å². The van der Waals surface area contributed by atoms with Crippen molar-refractivity contribution in [2.45, 2.75) is 19.3 Å². The first kappa shape index (κ1) is 11.4. The number of hydrogen-bond acceptors (Lipinski definition) is 3. The van der Waals surface area contributed by atoms with Crippen LogP contribution in [0.3, 0.4) is 0 Å². The van der Waals surface area contributed by atoms with Crippen LogP contribution in [0.2, 0.25) is 0 Å². The average Bonchev–Trinajstić information content (AvgIpc) is 3.10. The maximum Gasteiger partial charge on any atom is 0.225 e. The third kappa shape index (κ3) is 2.95. The fourth-order valence-electron chi connectivity index (χ4n) is 2.05. The Morgan fingerprint density at radius 2 is 1.75 bits per heavy atom. The SMILES string of the molecule is NC(=O)CCN1CCN(C(=O)C2CC2)CC1. The first-order chi connectivity index (χ1) is 7.66. The highest BCUT2D eigenvalue weighted by Crippen LogP contribution is 2.31. The van der Waals surface area contributed by atoms with Gasteiger partial charge in [-0.1, -0.05) is 0 Å². The van der Waals surface area contributed by atoms with Gasteiger partial charge in [0.1, 0.15) is 0 Å². The van der Waals surface area contributed by atoms with Crippen LogP contribution in [-0.4, -0.2) is 54.3 Å². The minimum atomic E-state index is -0.253. The van der Waals surface area contributed by atoms with Gasteiger partial charge in [-0.15, -0.1) is 0 Å². The molecule has 0 aromatic rings. The summed E-state index contributed by atoms with van der Waals surface area (Å²) in [4.78, 5) is 26.6. The second-order valence-electron chi connectivity index (χ2n) is 4.66. The standard InChI is InChI=1S/C11H19N3O2/c12-10(15)3-4-13-5-7-14(8-6-13)11(16)9-1-2-9/h9H,1-8H2,(H2,12,15). The van der Waals surface area contributed by atoms with Crippen LogP contribution in [0, 0.1) is 5.92 Å². The maximum absolute atomic E-state index is 11.8. The van der Waals surface area contributed by atoms with Crippen molar-refractivity contribution in [1.82, 2.24) is 9.80 Å². The molecule has 0 aromatic heterocycles. The Bertz CT molecular complexity index is 281. The molecule has 1 aliphatic carbocycles. The molecular weight excluding hydrogens is 206 g/mol. The van der Waals surface area contributed by atoms with E-state index in [2.05, 4.69) is 4.90 Å². The summed E-state index contributed by atoms with van der Waals surface area (Å²) in [6.07, 6.45) is 2.55. The van der Waals surface area contributed by atoms with Gasteiger partial charge in [0, 0.05) is 45.1 Å². The van der Waals surface area contributed by atoms with Gasteiger partial charge in [0.15, 0.2) is 0 Å². The minimum Gasteiger partial charge on any atom is -0.370 e. The third-order valence-corrected chi connectivity index (χ3v) is 3.28. The fraction of sp³-hybridized carbons (Fsp3) is 0.818. The molecule has 5 nitrogen and oxygen atoms in total. The summed E-state index contributed by atoms with van der Waals surface area (Å²) >= 11 is 0. The highest BCUT2D eigenvalue weighted by atomic mass is 16.2. The summed E-state index contributed by atoms with van der Waals surface area (Å²) in [5, 5.41) is 0. The molecule has 90 valence electrons. The summed E-state index contributed by atoms with van der Waals surface area (Å²) in [7, 11) is 0. The van der Waals surface area contributed by atoms with E-state index in [1.807, 2.05) is 4.90 Å². The average molecular weight is 225 g/mol. The van der Waals surface area contributed by atoms with Crippen molar-refractivity contribution >= 4 is 11.8 Å². The van der Waals surface area contributed by atoms with Crippen LogP contribution in [-0.2, 0) is 9.59 Å². The number of carbonyl (C=O) groups excluding carboxylic acids is 2. The number of rotatable bonds is 4. The molecular formula is C11H19N3O2. The Morgan fingerprint density at radius 3 is 2.25 bits per heavy atom. The second-order valence-corrected chi connectivity index (χ2v) is 4.66. The molecule has 2 rings (SSSR count). The van der Waals surface area contributed by atoms with Gasteiger partial charge in [0.05, 0.1) is 0 Å². The molecule has 1 saturated heterocycles. The molecule has 0 bridgehead atoms. The first-order valence-electron chi connectivity index (χ1n) is 5.96. The zero-order valence-electron chi connectivity index (χ0n) is 9.52. The molecule has 2 N–H and O–H groups in total. The fourth-order valence-corrected chi connectivity index (χ4v) is 2.05. The van der Waals surface area contributed by atoms with Crippen LogP contribution < -0.4 is 5.73 Å². The van der Waals surface area contributed by atoms with Gasteiger partial charge < -0.3 is 10.6 Å². The molecule has 5 heteroatoms. The lowest BCUT2D eigenvalue weighted by Gasteiger charge is -2.34. The number of carbonyl (C=O) groups is 2.